The second-order valence-corrected chi connectivity index (χ2v) is 6.61. The SMILES string of the molecule is COc1cc(CN2CCCC[C@@H]2CCNC(C)=O)cc(Cl)c1OC. The number of piperidine rings is 1. The van der Waals surface area contributed by atoms with Gasteiger partial charge in [0.05, 0.1) is 19.2 Å². The van der Waals surface area contributed by atoms with Gasteiger partial charge in [-0.1, -0.05) is 18.0 Å². The zero-order valence-corrected chi connectivity index (χ0v) is 15.5. The van der Waals surface area contributed by atoms with E-state index in [1.165, 1.54) is 19.3 Å². The van der Waals surface area contributed by atoms with Gasteiger partial charge in [0.25, 0.3) is 0 Å². The quantitative estimate of drug-likeness (QED) is 0.816. The Balaban J connectivity index is 2.06. The van der Waals surface area contributed by atoms with E-state index in [0.717, 1.165) is 31.6 Å². The molecule has 0 spiro atoms. The Bertz CT molecular complexity index is 565. The smallest absolute Gasteiger partial charge is 0.216 e. The van der Waals surface area contributed by atoms with Crippen molar-refractivity contribution in [2.75, 3.05) is 27.3 Å². The molecule has 24 heavy (non-hydrogen) atoms. The van der Waals surface area contributed by atoms with E-state index in [2.05, 4.69) is 10.2 Å². The zero-order valence-electron chi connectivity index (χ0n) is 14.7. The van der Waals surface area contributed by atoms with Crippen LogP contribution in [-0.4, -0.2) is 44.2 Å². The Kier molecular flexibility index (Phi) is 7.18. The fourth-order valence-corrected chi connectivity index (χ4v) is 3.62. The molecule has 1 fully saturated rings. The summed E-state index contributed by atoms with van der Waals surface area (Å²) >= 11 is 6.31. The maximum Gasteiger partial charge on any atom is 0.216 e. The Hall–Kier alpha value is -1.46. The van der Waals surface area contributed by atoms with E-state index in [-0.39, 0.29) is 5.91 Å². The number of hydrogen-bond donors (Lipinski definition) is 1. The van der Waals surface area contributed by atoms with Crippen LogP contribution < -0.4 is 14.8 Å². The molecule has 0 aromatic heterocycles. The average Bonchev–Trinajstić information content (AvgIpc) is 2.55. The van der Waals surface area contributed by atoms with Gasteiger partial charge in [0, 0.05) is 26.1 Å². The van der Waals surface area contributed by atoms with Gasteiger partial charge in [0.1, 0.15) is 0 Å². The summed E-state index contributed by atoms with van der Waals surface area (Å²) in [6, 6.07) is 4.42. The van der Waals surface area contributed by atoms with E-state index in [1.54, 1.807) is 21.1 Å². The number of amides is 1. The number of ether oxygens (including phenoxy) is 2. The number of nitrogens with zero attached hydrogens (tertiary/aromatic N) is 1. The van der Waals surface area contributed by atoms with Crippen LogP contribution in [0.4, 0.5) is 0 Å². The van der Waals surface area contributed by atoms with Gasteiger partial charge in [-0.05, 0) is 43.5 Å². The summed E-state index contributed by atoms with van der Waals surface area (Å²) in [4.78, 5) is 13.5. The highest BCUT2D eigenvalue weighted by atomic mass is 35.5. The summed E-state index contributed by atoms with van der Waals surface area (Å²) in [5.41, 5.74) is 1.11. The van der Waals surface area contributed by atoms with Crippen molar-refractivity contribution in [3.63, 3.8) is 0 Å². The first-order chi connectivity index (χ1) is 11.5. The van der Waals surface area contributed by atoms with E-state index in [1.807, 2.05) is 12.1 Å². The number of likely N-dealkylation sites (tertiary alicyclic amines) is 1. The lowest BCUT2D eigenvalue weighted by Gasteiger charge is -2.36. The van der Waals surface area contributed by atoms with Crippen LogP contribution in [0.15, 0.2) is 12.1 Å². The predicted molar refractivity (Wildman–Crippen MR) is 95.9 cm³/mol. The van der Waals surface area contributed by atoms with Crippen LogP contribution in [0.5, 0.6) is 11.5 Å². The summed E-state index contributed by atoms with van der Waals surface area (Å²) in [5.74, 6) is 1.26. The number of rotatable bonds is 7. The van der Waals surface area contributed by atoms with E-state index >= 15 is 0 Å². The van der Waals surface area contributed by atoms with E-state index in [0.29, 0.717) is 22.6 Å². The summed E-state index contributed by atoms with van der Waals surface area (Å²) in [7, 11) is 3.21. The van der Waals surface area contributed by atoms with Gasteiger partial charge in [0.15, 0.2) is 11.5 Å². The van der Waals surface area contributed by atoms with Crippen molar-refractivity contribution in [2.45, 2.75) is 45.2 Å². The normalized spacial score (nSPS) is 18.2. The lowest BCUT2D eigenvalue weighted by Crippen LogP contribution is -2.41. The molecule has 0 unspecified atom stereocenters. The van der Waals surface area contributed by atoms with Crippen molar-refractivity contribution < 1.29 is 14.3 Å². The van der Waals surface area contributed by atoms with Crippen LogP contribution in [0.1, 0.15) is 38.2 Å². The van der Waals surface area contributed by atoms with Crippen LogP contribution in [0, 0.1) is 0 Å². The van der Waals surface area contributed by atoms with Crippen molar-refractivity contribution in [3.05, 3.63) is 22.7 Å². The molecule has 1 aromatic carbocycles. The van der Waals surface area contributed by atoms with Gasteiger partial charge >= 0.3 is 0 Å². The minimum Gasteiger partial charge on any atom is -0.493 e. The minimum absolute atomic E-state index is 0.0315. The molecule has 1 heterocycles. The summed E-state index contributed by atoms with van der Waals surface area (Å²) in [5, 5.41) is 3.46. The molecule has 0 radical (unpaired) electrons. The van der Waals surface area contributed by atoms with Gasteiger partial charge in [-0.25, -0.2) is 0 Å². The molecule has 1 N–H and O–H groups in total. The molecular weight excluding hydrogens is 328 g/mol. The molecule has 1 atom stereocenters. The van der Waals surface area contributed by atoms with E-state index < -0.39 is 0 Å². The van der Waals surface area contributed by atoms with Gasteiger partial charge in [-0.15, -0.1) is 0 Å². The largest absolute Gasteiger partial charge is 0.493 e. The molecule has 0 saturated carbocycles. The number of benzene rings is 1. The Morgan fingerprint density at radius 2 is 2.12 bits per heavy atom. The molecule has 1 aliphatic rings. The first-order valence-electron chi connectivity index (χ1n) is 8.44. The zero-order chi connectivity index (χ0) is 17.5. The van der Waals surface area contributed by atoms with Crippen LogP contribution >= 0.6 is 11.6 Å². The molecule has 1 amide bonds. The lowest BCUT2D eigenvalue weighted by atomic mass is 9.98. The van der Waals surface area contributed by atoms with Gasteiger partial charge < -0.3 is 14.8 Å². The maximum absolute atomic E-state index is 11.1. The Labute approximate surface area is 149 Å². The van der Waals surface area contributed by atoms with Gasteiger partial charge in [-0.3, -0.25) is 9.69 Å². The van der Waals surface area contributed by atoms with Crippen LogP contribution in [0.25, 0.3) is 0 Å². The van der Waals surface area contributed by atoms with Crippen molar-refractivity contribution in [2.24, 2.45) is 0 Å². The molecule has 5 nitrogen and oxygen atoms in total. The number of nitrogens with one attached hydrogen (secondary N) is 1. The molecule has 6 heteroatoms. The van der Waals surface area contributed by atoms with Crippen molar-refractivity contribution in [3.8, 4) is 11.5 Å². The molecule has 0 aliphatic carbocycles. The second-order valence-electron chi connectivity index (χ2n) is 6.20. The third kappa shape index (κ3) is 5.02. The van der Waals surface area contributed by atoms with E-state index in [9.17, 15) is 4.79 Å². The predicted octanol–water partition coefficient (Wildman–Crippen LogP) is 3.24. The first-order valence-corrected chi connectivity index (χ1v) is 8.81. The highest BCUT2D eigenvalue weighted by molar-refractivity contribution is 6.32. The summed E-state index contributed by atoms with van der Waals surface area (Å²) in [6.45, 7) is 4.18. The Morgan fingerprint density at radius 3 is 2.79 bits per heavy atom. The molecule has 2 rings (SSSR count). The van der Waals surface area contributed by atoms with Crippen molar-refractivity contribution in [1.29, 1.82) is 0 Å². The standard InChI is InChI=1S/C18H27ClN2O3/c1-13(22)20-8-7-15-6-4-5-9-21(15)12-14-10-16(19)18(24-3)17(11-14)23-2/h10-11,15H,4-9,12H2,1-3H3,(H,20,22)/t15-/m1/s1. The fraction of sp³-hybridized carbons (Fsp3) is 0.611. The second kappa shape index (κ2) is 9.14. The van der Waals surface area contributed by atoms with Gasteiger partial charge in [0.2, 0.25) is 5.91 Å². The number of methoxy groups -OCH3 is 2. The summed E-state index contributed by atoms with van der Waals surface area (Å²) in [6.07, 6.45) is 4.59. The number of halogens is 1. The lowest BCUT2D eigenvalue weighted by molar-refractivity contribution is -0.119. The molecule has 0 bridgehead atoms. The monoisotopic (exact) mass is 354 g/mol. The maximum atomic E-state index is 11.1. The molecule has 1 aromatic rings. The average molecular weight is 355 g/mol. The topological polar surface area (TPSA) is 50.8 Å². The van der Waals surface area contributed by atoms with Crippen LogP contribution in [-0.2, 0) is 11.3 Å². The highest BCUT2D eigenvalue weighted by Crippen LogP contribution is 2.36. The van der Waals surface area contributed by atoms with Crippen LogP contribution in [0.3, 0.4) is 0 Å². The first kappa shape index (κ1) is 18.9. The molecular formula is C18H27ClN2O3. The highest BCUT2D eigenvalue weighted by Gasteiger charge is 2.23. The number of carbonyl (C=O) groups excluding carboxylic acids is 1. The number of hydrogen-bond acceptors (Lipinski definition) is 4. The van der Waals surface area contributed by atoms with Crippen molar-refractivity contribution in [1.82, 2.24) is 10.2 Å². The van der Waals surface area contributed by atoms with Crippen LogP contribution in [0.2, 0.25) is 5.02 Å². The van der Waals surface area contributed by atoms with Gasteiger partial charge in [-0.2, -0.15) is 0 Å². The third-order valence-corrected chi connectivity index (χ3v) is 4.76. The Morgan fingerprint density at radius 1 is 1.33 bits per heavy atom. The number of carbonyl (C=O) groups is 1. The summed E-state index contributed by atoms with van der Waals surface area (Å²) < 4.78 is 10.7. The van der Waals surface area contributed by atoms with E-state index in [4.69, 9.17) is 21.1 Å². The molecule has 134 valence electrons. The molecule has 1 saturated heterocycles. The third-order valence-electron chi connectivity index (χ3n) is 4.48. The fourth-order valence-electron chi connectivity index (χ4n) is 3.31. The minimum atomic E-state index is 0.0315. The molecule has 1 aliphatic heterocycles. The van der Waals surface area contributed by atoms with Crippen molar-refractivity contribution >= 4 is 17.5 Å².